The van der Waals surface area contributed by atoms with Gasteiger partial charge < -0.3 is 20.1 Å². The molecule has 3 rings (SSSR count). The third kappa shape index (κ3) is 7.19. The molecule has 3 aromatic rings. The summed E-state index contributed by atoms with van der Waals surface area (Å²) in [6.07, 6.45) is 1.45. The van der Waals surface area contributed by atoms with Crippen molar-refractivity contribution in [1.29, 1.82) is 5.26 Å². The van der Waals surface area contributed by atoms with Crippen molar-refractivity contribution in [3.05, 3.63) is 87.4 Å². The Morgan fingerprint density at radius 3 is 2.40 bits per heavy atom. The van der Waals surface area contributed by atoms with E-state index in [4.69, 9.17) is 9.47 Å². The van der Waals surface area contributed by atoms with Gasteiger partial charge >= 0.3 is 0 Å². The molecule has 0 bridgehead atoms. The minimum Gasteiger partial charge on any atom is -0.493 e. The molecule has 0 fully saturated rings. The maximum absolute atomic E-state index is 12.6. The number of benzene rings is 3. The number of carbonyl (C=O) groups is 2. The largest absolute Gasteiger partial charge is 0.493 e. The Morgan fingerprint density at radius 1 is 1.00 bits per heavy atom. The maximum atomic E-state index is 12.6. The summed E-state index contributed by atoms with van der Waals surface area (Å²) < 4.78 is 11.6. The first-order chi connectivity index (χ1) is 16.8. The molecule has 0 aliphatic carbocycles. The van der Waals surface area contributed by atoms with Gasteiger partial charge in [-0.05, 0) is 83.4 Å². The van der Waals surface area contributed by atoms with Crippen molar-refractivity contribution in [1.82, 2.24) is 0 Å². The molecular formula is C27H24BrN3O4. The van der Waals surface area contributed by atoms with Crippen molar-refractivity contribution >= 4 is 45.2 Å². The molecule has 8 heteroatoms. The van der Waals surface area contributed by atoms with Gasteiger partial charge in [0.25, 0.3) is 11.8 Å². The fraction of sp³-hybridized carbons (Fsp3) is 0.148. The van der Waals surface area contributed by atoms with Crippen LogP contribution in [0.25, 0.3) is 6.08 Å². The van der Waals surface area contributed by atoms with E-state index in [2.05, 4.69) is 26.6 Å². The second-order valence-electron chi connectivity index (χ2n) is 7.73. The number of methoxy groups -OCH3 is 1. The zero-order valence-electron chi connectivity index (χ0n) is 19.5. The fourth-order valence-electron chi connectivity index (χ4n) is 3.17. The third-order valence-corrected chi connectivity index (χ3v) is 5.48. The summed E-state index contributed by atoms with van der Waals surface area (Å²) in [6.45, 7) is 3.64. The molecule has 3 aromatic carbocycles. The number of amides is 2. The first-order valence-electron chi connectivity index (χ1n) is 10.7. The Morgan fingerprint density at radius 2 is 1.74 bits per heavy atom. The van der Waals surface area contributed by atoms with Crippen molar-refractivity contribution < 1.29 is 19.1 Å². The van der Waals surface area contributed by atoms with E-state index in [1.165, 1.54) is 13.2 Å². The summed E-state index contributed by atoms with van der Waals surface area (Å²) in [5, 5.41) is 15.0. The van der Waals surface area contributed by atoms with Gasteiger partial charge in [0.15, 0.2) is 18.1 Å². The number of ether oxygens (including phenoxy) is 2. The first-order valence-corrected chi connectivity index (χ1v) is 11.4. The Bertz CT molecular complexity index is 1310. The number of nitrogens with zero attached hydrogens (tertiary/aromatic N) is 1. The number of halogens is 1. The summed E-state index contributed by atoms with van der Waals surface area (Å²) in [7, 11) is 1.46. The number of rotatable bonds is 8. The summed E-state index contributed by atoms with van der Waals surface area (Å²) in [4.78, 5) is 24.9. The van der Waals surface area contributed by atoms with Crippen LogP contribution in [0.5, 0.6) is 11.5 Å². The summed E-state index contributed by atoms with van der Waals surface area (Å²) >= 11 is 3.42. The highest BCUT2D eigenvalue weighted by molar-refractivity contribution is 9.10. The van der Waals surface area contributed by atoms with Gasteiger partial charge in [-0.25, -0.2) is 0 Å². The third-order valence-electron chi connectivity index (χ3n) is 4.89. The number of anilines is 2. The molecule has 2 N–H and O–H groups in total. The van der Waals surface area contributed by atoms with Crippen LogP contribution in [0.2, 0.25) is 0 Å². The predicted molar refractivity (Wildman–Crippen MR) is 139 cm³/mol. The van der Waals surface area contributed by atoms with Gasteiger partial charge in [0.1, 0.15) is 11.6 Å². The predicted octanol–water partition coefficient (Wildman–Crippen LogP) is 5.64. The second kappa shape index (κ2) is 11.9. The quantitative estimate of drug-likeness (QED) is 0.288. The highest BCUT2D eigenvalue weighted by Crippen LogP contribution is 2.37. The van der Waals surface area contributed by atoms with E-state index in [-0.39, 0.29) is 18.1 Å². The zero-order chi connectivity index (χ0) is 25.4. The van der Waals surface area contributed by atoms with Crippen LogP contribution in [-0.2, 0) is 9.59 Å². The maximum Gasteiger partial charge on any atom is 0.266 e. The minimum atomic E-state index is -0.527. The zero-order valence-corrected chi connectivity index (χ0v) is 21.1. The lowest BCUT2D eigenvalue weighted by atomic mass is 10.1. The number of carbonyl (C=O) groups excluding carboxylic acids is 2. The number of hydrogen-bond donors (Lipinski definition) is 2. The summed E-state index contributed by atoms with van der Waals surface area (Å²) in [6, 6.07) is 20.0. The molecule has 35 heavy (non-hydrogen) atoms. The van der Waals surface area contributed by atoms with E-state index < -0.39 is 5.91 Å². The molecule has 0 atom stereocenters. The molecule has 7 nitrogen and oxygen atoms in total. The molecule has 0 spiro atoms. The van der Waals surface area contributed by atoms with Crippen LogP contribution < -0.4 is 20.1 Å². The van der Waals surface area contributed by atoms with E-state index in [0.29, 0.717) is 32.9 Å². The summed E-state index contributed by atoms with van der Waals surface area (Å²) in [5.41, 5.74) is 3.82. The molecule has 0 aliphatic heterocycles. The molecule has 178 valence electrons. The van der Waals surface area contributed by atoms with Gasteiger partial charge in [0.2, 0.25) is 0 Å². The SMILES string of the molecule is COc1cc(/C=C(\C#N)C(=O)Nc2cccc(C)c2)cc(Br)c1OCC(=O)Nc1ccc(C)cc1. The topological polar surface area (TPSA) is 100 Å². The van der Waals surface area contributed by atoms with Gasteiger partial charge in [-0.2, -0.15) is 5.26 Å². The first kappa shape index (κ1) is 25.5. The Labute approximate surface area is 212 Å². The summed E-state index contributed by atoms with van der Waals surface area (Å²) in [5.74, 6) is -0.191. The average Bonchev–Trinajstić information content (AvgIpc) is 2.82. The second-order valence-corrected chi connectivity index (χ2v) is 8.58. The number of nitrogens with one attached hydrogen (secondary N) is 2. The Balaban J connectivity index is 1.73. The van der Waals surface area contributed by atoms with E-state index in [1.54, 1.807) is 18.2 Å². The van der Waals surface area contributed by atoms with E-state index >= 15 is 0 Å². The lowest BCUT2D eigenvalue weighted by Gasteiger charge is -2.14. The van der Waals surface area contributed by atoms with Gasteiger partial charge in [0, 0.05) is 11.4 Å². The Kier molecular flexibility index (Phi) is 8.65. The monoisotopic (exact) mass is 533 g/mol. The number of nitriles is 1. The lowest BCUT2D eigenvalue weighted by Crippen LogP contribution is -2.20. The highest BCUT2D eigenvalue weighted by Gasteiger charge is 2.15. The highest BCUT2D eigenvalue weighted by atomic mass is 79.9. The minimum absolute atomic E-state index is 0.0772. The van der Waals surface area contributed by atoms with Gasteiger partial charge in [0.05, 0.1) is 11.6 Å². The van der Waals surface area contributed by atoms with Gasteiger partial charge in [-0.3, -0.25) is 9.59 Å². The Hall–Kier alpha value is -4.09. The molecule has 0 saturated carbocycles. The van der Waals surface area contributed by atoms with Crippen LogP contribution >= 0.6 is 15.9 Å². The van der Waals surface area contributed by atoms with Crippen LogP contribution in [0.1, 0.15) is 16.7 Å². The van der Waals surface area contributed by atoms with Crippen LogP contribution in [0.15, 0.2) is 70.7 Å². The van der Waals surface area contributed by atoms with Crippen molar-refractivity contribution in [2.24, 2.45) is 0 Å². The molecule has 0 unspecified atom stereocenters. The number of aryl methyl sites for hydroxylation is 2. The van der Waals surface area contributed by atoms with E-state index in [9.17, 15) is 14.9 Å². The van der Waals surface area contributed by atoms with Crippen molar-refractivity contribution in [2.45, 2.75) is 13.8 Å². The van der Waals surface area contributed by atoms with E-state index in [0.717, 1.165) is 11.1 Å². The lowest BCUT2D eigenvalue weighted by molar-refractivity contribution is -0.118. The van der Waals surface area contributed by atoms with Crippen LogP contribution in [0.3, 0.4) is 0 Å². The van der Waals surface area contributed by atoms with Crippen molar-refractivity contribution in [3.8, 4) is 17.6 Å². The average molecular weight is 534 g/mol. The molecule has 0 radical (unpaired) electrons. The van der Waals surface area contributed by atoms with Gasteiger partial charge in [-0.1, -0.05) is 29.8 Å². The van der Waals surface area contributed by atoms with Crippen LogP contribution in [0.4, 0.5) is 11.4 Å². The van der Waals surface area contributed by atoms with Gasteiger partial charge in [-0.15, -0.1) is 0 Å². The molecule has 2 amide bonds. The fourth-order valence-corrected chi connectivity index (χ4v) is 3.75. The number of hydrogen-bond acceptors (Lipinski definition) is 5. The molecule has 0 saturated heterocycles. The smallest absolute Gasteiger partial charge is 0.266 e. The standard InChI is InChI=1S/C27H24BrN3O4/c1-17-7-9-21(10-8-17)30-25(32)16-35-26-23(28)13-19(14-24(26)34-3)12-20(15-29)27(33)31-22-6-4-5-18(2)11-22/h4-14H,16H2,1-3H3,(H,30,32)(H,31,33)/b20-12+. The molecule has 0 heterocycles. The van der Waals surface area contributed by atoms with Crippen LogP contribution in [-0.4, -0.2) is 25.5 Å². The van der Waals surface area contributed by atoms with E-state index in [1.807, 2.05) is 62.4 Å². The van der Waals surface area contributed by atoms with Crippen molar-refractivity contribution in [2.75, 3.05) is 24.4 Å². The molecular weight excluding hydrogens is 510 g/mol. The van der Waals surface area contributed by atoms with Crippen molar-refractivity contribution in [3.63, 3.8) is 0 Å². The molecule has 0 aliphatic rings. The normalized spacial score (nSPS) is 10.8. The van der Waals surface area contributed by atoms with Crippen LogP contribution in [0, 0.1) is 25.2 Å². The molecule has 0 aromatic heterocycles.